The lowest BCUT2D eigenvalue weighted by Gasteiger charge is -2.27. The third-order valence-corrected chi connectivity index (χ3v) is 5.36. The van der Waals surface area contributed by atoms with Crippen LogP contribution < -0.4 is 10.6 Å². The maximum atomic E-state index is 13.6. The number of nitrogens with zero attached hydrogens (tertiary/aromatic N) is 2. The Hall–Kier alpha value is -3.94. The number of nitrogens with one attached hydrogen (secondary N) is 2. The fourth-order valence-corrected chi connectivity index (χ4v) is 3.66. The first-order valence-corrected chi connectivity index (χ1v) is 10.2. The summed E-state index contributed by atoms with van der Waals surface area (Å²) >= 11 is 0. The van der Waals surface area contributed by atoms with Crippen LogP contribution in [0.15, 0.2) is 71.3 Å². The lowest BCUT2D eigenvalue weighted by Crippen LogP contribution is -2.45. The predicted molar refractivity (Wildman–Crippen MR) is 118 cm³/mol. The van der Waals surface area contributed by atoms with Crippen molar-refractivity contribution < 1.29 is 18.9 Å². The zero-order chi connectivity index (χ0) is 22.9. The third-order valence-electron chi connectivity index (χ3n) is 5.36. The van der Waals surface area contributed by atoms with E-state index >= 15 is 0 Å². The number of hydrogen-bond donors (Lipinski definition) is 2. The van der Waals surface area contributed by atoms with Crippen molar-refractivity contribution in [3.8, 4) is 0 Å². The molecule has 1 fully saturated rings. The molecule has 8 nitrogen and oxygen atoms in total. The molecular formula is C24H24N4O4. The van der Waals surface area contributed by atoms with Crippen LogP contribution in [0.5, 0.6) is 0 Å². The second-order valence-corrected chi connectivity index (χ2v) is 8.68. The van der Waals surface area contributed by atoms with Gasteiger partial charge in [0, 0.05) is 11.5 Å². The largest absolute Gasteiger partial charge is 0.338 e. The van der Waals surface area contributed by atoms with Crippen LogP contribution in [-0.4, -0.2) is 34.4 Å². The van der Waals surface area contributed by atoms with E-state index < -0.39 is 29.9 Å². The topological polar surface area (TPSA) is 105 Å². The van der Waals surface area contributed by atoms with Crippen LogP contribution in [0.4, 0.5) is 10.7 Å². The summed E-state index contributed by atoms with van der Waals surface area (Å²) in [6.07, 6.45) is 0. The van der Waals surface area contributed by atoms with Gasteiger partial charge in [-0.05, 0) is 11.1 Å². The van der Waals surface area contributed by atoms with Gasteiger partial charge in [0.25, 0.3) is 5.91 Å². The number of carbonyl (C=O) groups is 3. The number of benzene rings is 2. The molecule has 0 atom stereocenters. The first kappa shape index (κ1) is 21.3. The average Bonchev–Trinajstić information content (AvgIpc) is 3.34. The fraction of sp³-hybridized carbons (Fsp3) is 0.250. The van der Waals surface area contributed by atoms with E-state index in [-0.39, 0.29) is 11.3 Å². The van der Waals surface area contributed by atoms with E-state index in [2.05, 4.69) is 15.8 Å². The Morgan fingerprint density at radius 1 is 1.03 bits per heavy atom. The molecule has 4 amide bonds. The summed E-state index contributed by atoms with van der Waals surface area (Å²) in [5.41, 5.74) is 0.235. The van der Waals surface area contributed by atoms with Gasteiger partial charge in [0.05, 0.1) is 5.69 Å². The van der Waals surface area contributed by atoms with Crippen molar-refractivity contribution in [3.05, 3.63) is 83.6 Å². The van der Waals surface area contributed by atoms with Crippen molar-refractivity contribution in [3.63, 3.8) is 0 Å². The normalized spacial score (nSPS) is 15.5. The minimum atomic E-state index is -1.41. The van der Waals surface area contributed by atoms with Crippen molar-refractivity contribution in [1.82, 2.24) is 15.4 Å². The van der Waals surface area contributed by atoms with Gasteiger partial charge in [0.2, 0.25) is 11.8 Å². The van der Waals surface area contributed by atoms with E-state index in [4.69, 9.17) is 4.52 Å². The molecule has 2 heterocycles. The lowest BCUT2D eigenvalue weighted by atomic mass is 9.82. The van der Waals surface area contributed by atoms with Gasteiger partial charge in [-0.3, -0.25) is 19.8 Å². The minimum Gasteiger partial charge on any atom is -0.338 e. The zero-order valence-electron chi connectivity index (χ0n) is 18.1. The van der Waals surface area contributed by atoms with E-state index in [9.17, 15) is 14.4 Å². The summed E-state index contributed by atoms with van der Waals surface area (Å²) in [5, 5.41) is 9.34. The van der Waals surface area contributed by atoms with Crippen molar-refractivity contribution >= 4 is 23.7 Å². The molecule has 0 spiro atoms. The first-order valence-electron chi connectivity index (χ1n) is 10.2. The minimum absolute atomic E-state index is 0.157. The Morgan fingerprint density at radius 2 is 1.59 bits per heavy atom. The van der Waals surface area contributed by atoms with Gasteiger partial charge in [0.1, 0.15) is 6.54 Å². The summed E-state index contributed by atoms with van der Waals surface area (Å²) < 4.78 is 5.17. The lowest BCUT2D eigenvalue weighted by molar-refractivity contribution is -0.133. The summed E-state index contributed by atoms with van der Waals surface area (Å²) in [6, 6.07) is 18.9. The second kappa shape index (κ2) is 7.96. The van der Waals surface area contributed by atoms with Gasteiger partial charge >= 0.3 is 6.03 Å². The SMILES string of the molecule is CC(C)(C)c1cc(NC(=O)CN2C(=O)NC(c3ccccc3)(c3ccccc3)C2=O)on1. The van der Waals surface area contributed by atoms with Gasteiger partial charge in [0.15, 0.2) is 5.54 Å². The quantitative estimate of drug-likeness (QED) is 0.601. The van der Waals surface area contributed by atoms with Gasteiger partial charge in [-0.15, -0.1) is 0 Å². The number of hydrogen-bond acceptors (Lipinski definition) is 5. The predicted octanol–water partition coefficient (Wildman–Crippen LogP) is 3.41. The highest BCUT2D eigenvalue weighted by Crippen LogP contribution is 2.36. The molecule has 1 saturated heterocycles. The van der Waals surface area contributed by atoms with E-state index in [0.29, 0.717) is 16.8 Å². The number of anilines is 1. The van der Waals surface area contributed by atoms with Crippen LogP contribution in [0.25, 0.3) is 0 Å². The Bertz CT molecular complexity index is 1110. The summed E-state index contributed by atoms with van der Waals surface area (Å²) in [7, 11) is 0. The maximum absolute atomic E-state index is 13.6. The Labute approximate surface area is 185 Å². The molecule has 0 bridgehead atoms. The van der Waals surface area contributed by atoms with Crippen LogP contribution >= 0.6 is 0 Å². The van der Waals surface area contributed by atoms with Crippen molar-refractivity contribution in [2.45, 2.75) is 31.7 Å². The van der Waals surface area contributed by atoms with Crippen molar-refractivity contribution in [1.29, 1.82) is 0 Å². The molecule has 164 valence electrons. The molecule has 2 N–H and O–H groups in total. The van der Waals surface area contributed by atoms with E-state index in [1.165, 1.54) is 0 Å². The Morgan fingerprint density at radius 3 is 2.09 bits per heavy atom. The molecule has 0 unspecified atom stereocenters. The molecule has 1 aliphatic rings. The monoisotopic (exact) mass is 432 g/mol. The number of carbonyl (C=O) groups excluding carboxylic acids is 3. The van der Waals surface area contributed by atoms with Crippen LogP contribution in [0.1, 0.15) is 37.6 Å². The van der Waals surface area contributed by atoms with E-state index in [0.717, 1.165) is 4.90 Å². The number of urea groups is 1. The summed E-state index contributed by atoms with van der Waals surface area (Å²) in [5.74, 6) is -0.936. The summed E-state index contributed by atoms with van der Waals surface area (Å²) in [6.45, 7) is 5.45. The molecule has 8 heteroatoms. The first-order chi connectivity index (χ1) is 15.2. The summed E-state index contributed by atoms with van der Waals surface area (Å²) in [4.78, 5) is 40.0. The smallest absolute Gasteiger partial charge is 0.326 e. The molecular weight excluding hydrogens is 408 g/mol. The molecule has 3 aromatic rings. The number of aromatic nitrogens is 1. The molecule has 0 aliphatic carbocycles. The highest BCUT2D eigenvalue weighted by atomic mass is 16.5. The zero-order valence-corrected chi connectivity index (χ0v) is 18.1. The van der Waals surface area contributed by atoms with Gasteiger partial charge < -0.3 is 9.84 Å². The van der Waals surface area contributed by atoms with Crippen LogP contribution in [0.2, 0.25) is 0 Å². The van der Waals surface area contributed by atoms with Gasteiger partial charge in [-0.2, -0.15) is 0 Å². The highest BCUT2D eigenvalue weighted by Gasteiger charge is 2.54. The number of rotatable bonds is 5. The Balaban J connectivity index is 1.60. The second-order valence-electron chi connectivity index (χ2n) is 8.68. The van der Waals surface area contributed by atoms with E-state index in [1.807, 2.05) is 32.9 Å². The number of imide groups is 1. The molecule has 1 aromatic heterocycles. The van der Waals surface area contributed by atoms with Crippen LogP contribution in [0, 0.1) is 0 Å². The van der Waals surface area contributed by atoms with Crippen LogP contribution in [-0.2, 0) is 20.5 Å². The molecule has 0 saturated carbocycles. The number of amides is 4. The molecule has 4 rings (SSSR count). The maximum Gasteiger partial charge on any atom is 0.326 e. The van der Waals surface area contributed by atoms with Gasteiger partial charge in [-0.25, -0.2) is 4.79 Å². The average molecular weight is 432 g/mol. The Kier molecular flexibility index (Phi) is 5.30. The van der Waals surface area contributed by atoms with Crippen molar-refractivity contribution in [2.24, 2.45) is 0 Å². The fourth-order valence-electron chi connectivity index (χ4n) is 3.66. The van der Waals surface area contributed by atoms with Crippen LogP contribution in [0.3, 0.4) is 0 Å². The van der Waals surface area contributed by atoms with Gasteiger partial charge in [-0.1, -0.05) is 86.6 Å². The van der Waals surface area contributed by atoms with E-state index in [1.54, 1.807) is 54.6 Å². The molecule has 0 radical (unpaired) electrons. The van der Waals surface area contributed by atoms with Crippen molar-refractivity contribution in [2.75, 3.05) is 11.9 Å². The highest BCUT2D eigenvalue weighted by molar-refractivity contribution is 6.12. The molecule has 32 heavy (non-hydrogen) atoms. The molecule has 2 aromatic carbocycles. The third kappa shape index (κ3) is 3.75. The standard InChI is InChI=1S/C24H24N4O4/c1-23(2,3)18-14-20(32-27-18)25-19(29)15-28-21(30)24(26-22(28)31,16-10-6-4-7-11-16)17-12-8-5-9-13-17/h4-14H,15H2,1-3H3,(H,25,29)(H,26,31). The molecule has 1 aliphatic heterocycles.